The number of rotatable bonds is 9. The topological polar surface area (TPSA) is 86.8 Å². The van der Waals surface area contributed by atoms with Crippen molar-refractivity contribution in [3.63, 3.8) is 0 Å². The molecule has 0 bridgehead atoms. The molecule has 7 nitrogen and oxygen atoms in total. The molecule has 2 amide bonds. The second-order valence-electron chi connectivity index (χ2n) is 10.0. The monoisotopic (exact) mass is 575 g/mol. The Bertz CT molecular complexity index is 1280. The summed E-state index contributed by atoms with van der Waals surface area (Å²) in [5, 5.41) is 2.24. The van der Waals surface area contributed by atoms with Gasteiger partial charge in [0, 0.05) is 12.1 Å². The number of alkyl halides is 3. The van der Waals surface area contributed by atoms with Crippen LogP contribution in [0.2, 0.25) is 5.02 Å². The van der Waals surface area contributed by atoms with Crippen molar-refractivity contribution < 1.29 is 31.2 Å². The third-order valence-electron chi connectivity index (χ3n) is 5.71. The first-order valence-corrected chi connectivity index (χ1v) is 14.1. The summed E-state index contributed by atoms with van der Waals surface area (Å²) in [6.45, 7) is 8.09. The van der Waals surface area contributed by atoms with Gasteiger partial charge in [0.05, 0.1) is 22.5 Å². The lowest BCUT2D eigenvalue weighted by Gasteiger charge is -2.35. The van der Waals surface area contributed by atoms with Crippen LogP contribution in [0.5, 0.6) is 0 Å². The predicted molar refractivity (Wildman–Crippen MR) is 142 cm³/mol. The van der Waals surface area contributed by atoms with E-state index >= 15 is 0 Å². The summed E-state index contributed by atoms with van der Waals surface area (Å²) < 4.78 is 66.3. The molecule has 0 aliphatic heterocycles. The maximum absolute atomic E-state index is 13.7. The normalized spacial score (nSPS) is 13.1. The number of hydrogen-bond acceptors (Lipinski definition) is 4. The Kier molecular flexibility index (Phi) is 9.88. The standard InChI is InChI=1S/C26H33ClF3N3O4S/c1-7-22(24(35)31-25(3,4)5)32(15-18-11-9-8-10-17(18)2)23(34)16-33(38(6,36)37)19-12-13-21(27)20(14-19)26(28,29)30/h8-14,22H,7,15-16H2,1-6H3,(H,31,35)/t22-/m1/s1. The van der Waals surface area contributed by atoms with Crippen molar-refractivity contribution >= 4 is 39.1 Å². The minimum atomic E-state index is -4.84. The highest BCUT2D eigenvalue weighted by atomic mass is 35.5. The summed E-state index contributed by atoms with van der Waals surface area (Å²) in [6.07, 6.45) is -3.83. The van der Waals surface area contributed by atoms with Crippen LogP contribution in [0.25, 0.3) is 0 Å². The minimum absolute atomic E-state index is 0.00635. The van der Waals surface area contributed by atoms with E-state index < -0.39 is 56.7 Å². The van der Waals surface area contributed by atoms with Crippen LogP contribution in [0.4, 0.5) is 18.9 Å². The molecule has 0 heterocycles. The van der Waals surface area contributed by atoms with Crippen LogP contribution in [0, 0.1) is 6.92 Å². The van der Waals surface area contributed by atoms with E-state index in [0.717, 1.165) is 29.5 Å². The van der Waals surface area contributed by atoms with Gasteiger partial charge < -0.3 is 10.2 Å². The molecule has 0 aromatic heterocycles. The van der Waals surface area contributed by atoms with E-state index in [1.165, 1.54) is 4.90 Å². The Morgan fingerprint density at radius 1 is 1.08 bits per heavy atom. The molecule has 0 saturated heterocycles. The highest BCUT2D eigenvalue weighted by Gasteiger charge is 2.36. The third-order valence-corrected chi connectivity index (χ3v) is 7.18. The second kappa shape index (κ2) is 11.9. The van der Waals surface area contributed by atoms with Gasteiger partial charge in [-0.25, -0.2) is 8.42 Å². The Balaban J connectivity index is 2.56. The number of carbonyl (C=O) groups excluding carboxylic acids is 2. The molecule has 0 saturated carbocycles. The van der Waals surface area contributed by atoms with E-state index in [4.69, 9.17) is 11.6 Å². The van der Waals surface area contributed by atoms with Crippen molar-refractivity contribution in [1.29, 1.82) is 0 Å². The summed E-state index contributed by atoms with van der Waals surface area (Å²) >= 11 is 5.70. The van der Waals surface area contributed by atoms with E-state index in [1.807, 2.05) is 19.1 Å². The summed E-state index contributed by atoms with van der Waals surface area (Å²) in [6, 6.07) is 8.87. The Morgan fingerprint density at radius 2 is 1.68 bits per heavy atom. The second-order valence-corrected chi connectivity index (χ2v) is 12.4. The molecule has 2 aromatic carbocycles. The number of aryl methyl sites for hydroxylation is 1. The molecule has 0 aliphatic rings. The average Bonchev–Trinajstić information content (AvgIpc) is 2.76. The summed E-state index contributed by atoms with van der Waals surface area (Å²) in [5.74, 6) is -1.18. The van der Waals surface area contributed by atoms with Crippen molar-refractivity contribution in [2.45, 2.75) is 65.3 Å². The molecule has 0 spiro atoms. The quantitative estimate of drug-likeness (QED) is 0.448. The van der Waals surface area contributed by atoms with Gasteiger partial charge in [-0.2, -0.15) is 13.2 Å². The number of carbonyl (C=O) groups is 2. The molecule has 0 fully saturated rings. The molecule has 1 N–H and O–H groups in total. The molecule has 2 rings (SSSR count). The molecule has 38 heavy (non-hydrogen) atoms. The number of amides is 2. The van der Waals surface area contributed by atoms with Gasteiger partial charge in [0.1, 0.15) is 12.6 Å². The van der Waals surface area contributed by atoms with Gasteiger partial charge in [0.2, 0.25) is 21.8 Å². The first-order chi connectivity index (χ1) is 17.3. The molecular weight excluding hydrogens is 543 g/mol. The van der Waals surface area contributed by atoms with Gasteiger partial charge in [-0.3, -0.25) is 13.9 Å². The largest absolute Gasteiger partial charge is 0.417 e. The fourth-order valence-electron chi connectivity index (χ4n) is 3.84. The van der Waals surface area contributed by atoms with Gasteiger partial charge in [-0.15, -0.1) is 0 Å². The van der Waals surface area contributed by atoms with Crippen molar-refractivity contribution in [3.05, 3.63) is 64.2 Å². The SMILES string of the molecule is CC[C@H](C(=O)NC(C)(C)C)N(Cc1ccccc1C)C(=O)CN(c1ccc(Cl)c(C(F)(F)F)c1)S(C)(=O)=O. The number of nitrogens with zero attached hydrogens (tertiary/aromatic N) is 2. The summed E-state index contributed by atoms with van der Waals surface area (Å²) in [7, 11) is -4.21. The van der Waals surface area contributed by atoms with Crippen molar-refractivity contribution in [1.82, 2.24) is 10.2 Å². The zero-order valence-electron chi connectivity index (χ0n) is 22.2. The van der Waals surface area contributed by atoms with Gasteiger partial charge in [0.25, 0.3) is 0 Å². The third kappa shape index (κ3) is 8.36. The first-order valence-electron chi connectivity index (χ1n) is 11.9. The van der Waals surface area contributed by atoms with Crippen molar-refractivity contribution in [3.8, 4) is 0 Å². The minimum Gasteiger partial charge on any atom is -0.350 e. The van der Waals surface area contributed by atoms with Crippen molar-refractivity contribution in [2.75, 3.05) is 17.1 Å². The molecule has 0 aliphatic carbocycles. The molecule has 0 unspecified atom stereocenters. The maximum Gasteiger partial charge on any atom is 0.417 e. The lowest BCUT2D eigenvalue weighted by molar-refractivity contribution is -0.141. The predicted octanol–water partition coefficient (Wildman–Crippen LogP) is 5.16. The van der Waals surface area contributed by atoms with Crippen LogP contribution in [-0.4, -0.2) is 49.5 Å². The smallest absolute Gasteiger partial charge is 0.350 e. The highest BCUT2D eigenvalue weighted by Crippen LogP contribution is 2.37. The van der Waals surface area contributed by atoms with Gasteiger partial charge >= 0.3 is 6.18 Å². The highest BCUT2D eigenvalue weighted by molar-refractivity contribution is 7.92. The summed E-state index contributed by atoms with van der Waals surface area (Å²) in [4.78, 5) is 28.1. The fraction of sp³-hybridized carbons (Fsp3) is 0.462. The van der Waals surface area contributed by atoms with E-state index in [2.05, 4.69) is 5.32 Å². The fourth-order valence-corrected chi connectivity index (χ4v) is 4.91. The number of benzene rings is 2. The molecule has 12 heteroatoms. The van der Waals surface area contributed by atoms with E-state index in [9.17, 15) is 31.2 Å². The Morgan fingerprint density at radius 3 is 2.18 bits per heavy atom. The van der Waals surface area contributed by atoms with Gasteiger partial charge in [-0.1, -0.05) is 42.8 Å². The van der Waals surface area contributed by atoms with Crippen molar-refractivity contribution in [2.24, 2.45) is 0 Å². The number of anilines is 1. The van der Waals surface area contributed by atoms with E-state index in [0.29, 0.717) is 10.4 Å². The van der Waals surface area contributed by atoms with E-state index in [-0.39, 0.29) is 18.7 Å². The number of sulfonamides is 1. The number of halogens is 4. The van der Waals surface area contributed by atoms with Gasteiger partial charge in [0.15, 0.2) is 0 Å². The number of hydrogen-bond donors (Lipinski definition) is 1. The number of nitrogens with one attached hydrogen (secondary N) is 1. The molecular formula is C26H33ClF3N3O4S. The Labute approximate surface area is 227 Å². The van der Waals surface area contributed by atoms with Crippen LogP contribution in [0.3, 0.4) is 0 Å². The lowest BCUT2D eigenvalue weighted by atomic mass is 10.0. The van der Waals surface area contributed by atoms with Gasteiger partial charge in [-0.05, 0) is 63.4 Å². The average molecular weight is 576 g/mol. The molecule has 0 radical (unpaired) electrons. The van der Waals surface area contributed by atoms with E-state index in [1.54, 1.807) is 39.8 Å². The first kappa shape index (κ1) is 31.4. The zero-order valence-corrected chi connectivity index (χ0v) is 23.8. The van der Waals surface area contributed by atoms with Crippen LogP contribution in [-0.2, 0) is 32.3 Å². The Hall–Kier alpha value is -2.79. The summed E-state index contributed by atoms with van der Waals surface area (Å²) in [5.41, 5.74) is -0.618. The van der Waals surface area contributed by atoms with Crippen LogP contribution in [0.1, 0.15) is 50.8 Å². The molecule has 210 valence electrons. The molecule has 1 atom stereocenters. The van der Waals surface area contributed by atoms with Crippen LogP contribution < -0.4 is 9.62 Å². The maximum atomic E-state index is 13.7. The zero-order chi connectivity index (χ0) is 29.1. The van der Waals surface area contributed by atoms with Crippen LogP contribution >= 0.6 is 11.6 Å². The lowest BCUT2D eigenvalue weighted by Crippen LogP contribution is -2.55. The molecule has 2 aromatic rings. The van der Waals surface area contributed by atoms with Crippen LogP contribution in [0.15, 0.2) is 42.5 Å².